The van der Waals surface area contributed by atoms with E-state index >= 15 is 0 Å². The Morgan fingerprint density at radius 3 is 3.16 bits per heavy atom. The monoisotopic (exact) mass is 287 g/mol. The third-order valence-corrected chi connectivity index (χ3v) is 3.33. The van der Waals surface area contributed by atoms with Crippen molar-refractivity contribution < 1.29 is 18.7 Å². The van der Waals surface area contributed by atoms with Gasteiger partial charge in [0.1, 0.15) is 5.82 Å². The zero-order valence-electron chi connectivity index (χ0n) is 10.6. The van der Waals surface area contributed by atoms with Gasteiger partial charge in [-0.05, 0) is 6.07 Å². The molecule has 0 bridgehead atoms. The van der Waals surface area contributed by atoms with Crippen LogP contribution in [-0.4, -0.2) is 43.8 Å². The van der Waals surface area contributed by atoms with Crippen LogP contribution in [0.15, 0.2) is 18.2 Å². The van der Waals surface area contributed by atoms with Crippen LogP contribution in [0.25, 0.3) is 0 Å². The number of hydrogen-bond donors (Lipinski definition) is 0. The summed E-state index contributed by atoms with van der Waals surface area (Å²) in [6.45, 7) is 1.84. The molecule has 1 fully saturated rings. The highest BCUT2D eigenvalue weighted by Gasteiger charge is 2.27. The summed E-state index contributed by atoms with van der Waals surface area (Å²) in [5.41, 5.74) is 0.512. The standard InChI is InChI=1S/C13H15ClFNO3/c1-18-13(17)11-8-16(5-6-19-11)7-9-3-2-4-10(14)12(9)15/h2-4,11H,5-8H2,1H3/t11-/m0/s1. The van der Waals surface area contributed by atoms with Gasteiger partial charge in [0, 0.05) is 25.2 Å². The van der Waals surface area contributed by atoms with Crippen LogP contribution >= 0.6 is 11.6 Å². The van der Waals surface area contributed by atoms with Gasteiger partial charge in [-0.15, -0.1) is 0 Å². The van der Waals surface area contributed by atoms with Gasteiger partial charge in [0.05, 0.1) is 18.7 Å². The number of methoxy groups -OCH3 is 1. The van der Waals surface area contributed by atoms with Crippen LogP contribution in [0.1, 0.15) is 5.56 Å². The second-order valence-electron chi connectivity index (χ2n) is 4.33. The Labute approximate surface area is 116 Å². The highest BCUT2D eigenvalue weighted by Crippen LogP contribution is 2.20. The molecule has 0 saturated carbocycles. The lowest BCUT2D eigenvalue weighted by atomic mass is 10.1. The van der Waals surface area contributed by atoms with Crippen molar-refractivity contribution in [3.63, 3.8) is 0 Å². The number of halogens is 2. The number of morpholine rings is 1. The molecule has 0 unspecified atom stereocenters. The number of nitrogens with zero attached hydrogens (tertiary/aromatic N) is 1. The van der Waals surface area contributed by atoms with Crippen LogP contribution in [0.2, 0.25) is 5.02 Å². The molecule has 6 heteroatoms. The molecule has 1 aromatic rings. The number of ether oxygens (including phenoxy) is 2. The van der Waals surface area contributed by atoms with E-state index in [1.807, 2.05) is 4.90 Å². The summed E-state index contributed by atoms with van der Waals surface area (Å²) in [5, 5.41) is 0.107. The lowest BCUT2D eigenvalue weighted by Crippen LogP contribution is -2.46. The minimum Gasteiger partial charge on any atom is -0.467 e. The summed E-state index contributed by atoms with van der Waals surface area (Å²) >= 11 is 5.74. The minimum absolute atomic E-state index is 0.107. The Morgan fingerprint density at radius 2 is 2.42 bits per heavy atom. The second-order valence-corrected chi connectivity index (χ2v) is 4.74. The van der Waals surface area contributed by atoms with Crippen molar-refractivity contribution in [3.05, 3.63) is 34.6 Å². The fourth-order valence-electron chi connectivity index (χ4n) is 2.03. The SMILES string of the molecule is COC(=O)[C@@H]1CN(Cc2cccc(Cl)c2F)CCO1. The van der Waals surface area contributed by atoms with Gasteiger partial charge in [-0.2, -0.15) is 0 Å². The molecule has 0 N–H and O–H groups in total. The third kappa shape index (κ3) is 3.43. The molecule has 0 aromatic heterocycles. The highest BCUT2D eigenvalue weighted by molar-refractivity contribution is 6.30. The molecular formula is C13H15ClFNO3. The zero-order chi connectivity index (χ0) is 13.8. The van der Waals surface area contributed by atoms with E-state index in [2.05, 4.69) is 4.74 Å². The van der Waals surface area contributed by atoms with Gasteiger partial charge >= 0.3 is 5.97 Å². The maximum atomic E-state index is 13.8. The van der Waals surface area contributed by atoms with Crippen molar-refractivity contribution in [2.75, 3.05) is 26.8 Å². The molecule has 4 nitrogen and oxygen atoms in total. The number of carbonyl (C=O) groups excluding carboxylic acids is 1. The van der Waals surface area contributed by atoms with E-state index in [9.17, 15) is 9.18 Å². The van der Waals surface area contributed by atoms with Crippen molar-refractivity contribution in [2.45, 2.75) is 12.6 Å². The van der Waals surface area contributed by atoms with Crippen molar-refractivity contribution >= 4 is 17.6 Å². The normalized spacial score (nSPS) is 20.3. The number of carbonyl (C=O) groups is 1. The van der Waals surface area contributed by atoms with Crippen LogP contribution in [0.3, 0.4) is 0 Å². The molecule has 0 radical (unpaired) electrons. The molecule has 1 saturated heterocycles. The van der Waals surface area contributed by atoms with Crippen molar-refractivity contribution in [1.29, 1.82) is 0 Å². The van der Waals surface area contributed by atoms with Crippen LogP contribution < -0.4 is 0 Å². The van der Waals surface area contributed by atoms with Crippen LogP contribution in [-0.2, 0) is 20.8 Å². The molecule has 1 aliphatic heterocycles. The first-order chi connectivity index (χ1) is 9.11. The maximum absolute atomic E-state index is 13.8. The number of esters is 1. The molecule has 0 aliphatic carbocycles. The largest absolute Gasteiger partial charge is 0.467 e. The maximum Gasteiger partial charge on any atom is 0.336 e. The molecule has 0 spiro atoms. The number of hydrogen-bond acceptors (Lipinski definition) is 4. The Balaban J connectivity index is 2.03. The van der Waals surface area contributed by atoms with E-state index in [4.69, 9.17) is 16.3 Å². The van der Waals surface area contributed by atoms with E-state index in [-0.39, 0.29) is 5.02 Å². The van der Waals surface area contributed by atoms with E-state index in [1.54, 1.807) is 12.1 Å². The quantitative estimate of drug-likeness (QED) is 0.796. The molecule has 1 atom stereocenters. The van der Waals surface area contributed by atoms with Gasteiger partial charge in [0.25, 0.3) is 0 Å². The van der Waals surface area contributed by atoms with Gasteiger partial charge in [0.2, 0.25) is 0 Å². The predicted octanol–water partition coefficient (Wildman–Crippen LogP) is 1.85. The van der Waals surface area contributed by atoms with E-state index < -0.39 is 17.9 Å². The predicted molar refractivity (Wildman–Crippen MR) is 68.4 cm³/mol. The molecule has 19 heavy (non-hydrogen) atoms. The van der Waals surface area contributed by atoms with Gasteiger partial charge < -0.3 is 9.47 Å². The summed E-state index contributed by atoms with van der Waals surface area (Å²) in [5.74, 6) is -0.818. The smallest absolute Gasteiger partial charge is 0.336 e. The van der Waals surface area contributed by atoms with Gasteiger partial charge in [-0.3, -0.25) is 4.90 Å². The summed E-state index contributed by atoms with van der Waals surface area (Å²) in [6, 6.07) is 4.90. The lowest BCUT2D eigenvalue weighted by molar-refractivity contribution is -0.160. The summed E-state index contributed by atoms with van der Waals surface area (Å²) in [4.78, 5) is 13.4. The first-order valence-corrected chi connectivity index (χ1v) is 6.34. The number of rotatable bonds is 3. The summed E-state index contributed by atoms with van der Waals surface area (Å²) in [6.07, 6.45) is -0.610. The molecular weight excluding hydrogens is 273 g/mol. The topological polar surface area (TPSA) is 38.8 Å². The number of benzene rings is 1. The molecule has 1 aliphatic rings. The summed E-state index contributed by atoms with van der Waals surface area (Å²) < 4.78 is 23.8. The Bertz CT molecular complexity index is 469. The minimum atomic E-state index is -0.610. The fourth-order valence-corrected chi connectivity index (χ4v) is 2.23. The molecule has 1 aromatic carbocycles. The summed E-state index contributed by atoms with van der Waals surface area (Å²) in [7, 11) is 1.32. The lowest BCUT2D eigenvalue weighted by Gasteiger charge is -2.31. The van der Waals surface area contributed by atoms with Crippen molar-refractivity contribution in [1.82, 2.24) is 4.90 Å². The van der Waals surface area contributed by atoms with Gasteiger partial charge in [0.15, 0.2) is 6.10 Å². The first-order valence-electron chi connectivity index (χ1n) is 5.96. The Morgan fingerprint density at radius 1 is 1.63 bits per heavy atom. The van der Waals surface area contributed by atoms with Crippen LogP contribution in [0.4, 0.5) is 4.39 Å². The van der Waals surface area contributed by atoms with Gasteiger partial charge in [-0.25, -0.2) is 9.18 Å². The molecule has 104 valence electrons. The van der Waals surface area contributed by atoms with E-state index in [0.717, 1.165) is 0 Å². The zero-order valence-corrected chi connectivity index (χ0v) is 11.3. The average Bonchev–Trinajstić information content (AvgIpc) is 2.43. The van der Waals surface area contributed by atoms with E-state index in [1.165, 1.54) is 13.2 Å². The Hall–Kier alpha value is -1.17. The average molecular weight is 288 g/mol. The van der Waals surface area contributed by atoms with Crippen molar-refractivity contribution in [2.24, 2.45) is 0 Å². The fraction of sp³-hybridized carbons (Fsp3) is 0.462. The molecule has 2 rings (SSSR count). The van der Waals surface area contributed by atoms with E-state index in [0.29, 0.717) is 31.8 Å². The third-order valence-electron chi connectivity index (χ3n) is 3.04. The van der Waals surface area contributed by atoms with Gasteiger partial charge in [-0.1, -0.05) is 23.7 Å². The molecule has 0 amide bonds. The van der Waals surface area contributed by atoms with Crippen LogP contribution in [0, 0.1) is 5.82 Å². The Kier molecular flexibility index (Phi) is 4.74. The van der Waals surface area contributed by atoms with Crippen molar-refractivity contribution in [3.8, 4) is 0 Å². The first kappa shape index (κ1) is 14.2. The highest BCUT2D eigenvalue weighted by atomic mass is 35.5. The van der Waals surface area contributed by atoms with Crippen LogP contribution in [0.5, 0.6) is 0 Å². The molecule has 1 heterocycles. The second kappa shape index (κ2) is 6.32.